The van der Waals surface area contributed by atoms with E-state index < -0.39 is 0 Å². The molecule has 0 spiro atoms. The van der Waals surface area contributed by atoms with Crippen molar-refractivity contribution in [3.8, 4) is 11.8 Å². The molecule has 0 saturated carbocycles. The average Bonchev–Trinajstić information content (AvgIpc) is 2.80. The second-order valence-corrected chi connectivity index (χ2v) is 4.67. The Kier molecular flexibility index (Phi) is 5.75. The first-order valence-electron chi connectivity index (χ1n) is 5.72. The number of amides is 1. The molecule has 92 valence electrons. The van der Waals surface area contributed by atoms with Crippen LogP contribution in [0.3, 0.4) is 0 Å². The van der Waals surface area contributed by atoms with E-state index in [1.165, 1.54) is 11.3 Å². The van der Waals surface area contributed by atoms with Crippen LogP contribution in [-0.4, -0.2) is 30.9 Å². The van der Waals surface area contributed by atoms with E-state index in [0.717, 1.165) is 24.9 Å². The van der Waals surface area contributed by atoms with E-state index >= 15 is 0 Å². The van der Waals surface area contributed by atoms with Crippen LogP contribution in [0.5, 0.6) is 0 Å². The molecule has 1 heterocycles. The molecule has 4 heteroatoms. The summed E-state index contributed by atoms with van der Waals surface area (Å²) in [5, 5.41) is 1.89. The van der Waals surface area contributed by atoms with Crippen molar-refractivity contribution in [1.82, 2.24) is 4.90 Å². The second-order valence-electron chi connectivity index (χ2n) is 3.75. The molecule has 1 aromatic heterocycles. The maximum atomic E-state index is 12.1. The van der Waals surface area contributed by atoms with Gasteiger partial charge in [-0.3, -0.25) is 4.79 Å². The lowest BCUT2D eigenvalue weighted by Gasteiger charge is -2.15. The van der Waals surface area contributed by atoms with Gasteiger partial charge in [0.1, 0.15) is 4.88 Å². The molecule has 1 rings (SSSR count). The van der Waals surface area contributed by atoms with Crippen LogP contribution in [-0.2, 0) is 0 Å². The molecular formula is C13H18N2OS. The standard InChI is InChI=1S/C13H18N2OS/c1-3-4-9-15(2)13(16)12-11(6-5-8-14)7-10-17-12/h7,10H,3-4,8-9,14H2,1-2H3. The topological polar surface area (TPSA) is 46.3 Å². The summed E-state index contributed by atoms with van der Waals surface area (Å²) < 4.78 is 0. The van der Waals surface area contributed by atoms with Gasteiger partial charge in [-0.2, -0.15) is 0 Å². The predicted octanol–water partition coefficient (Wildman–Crippen LogP) is 1.93. The summed E-state index contributed by atoms with van der Waals surface area (Å²) in [7, 11) is 1.83. The van der Waals surface area contributed by atoms with Gasteiger partial charge in [-0.25, -0.2) is 0 Å². The molecule has 0 aromatic carbocycles. The average molecular weight is 250 g/mol. The smallest absolute Gasteiger partial charge is 0.264 e. The largest absolute Gasteiger partial charge is 0.341 e. The van der Waals surface area contributed by atoms with Crippen LogP contribution in [0.2, 0.25) is 0 Å². The minimum absolute atomic E-state index is 0.0507. The van der Waals surface area contributed by atoms with Gasteiger partial charge in [-0.05, 0) is 17.9 Å². The molecule has 0 bridgehead atoms. The van der Waals surface area contributed by atoms with E-state index in [1.807, 2.05) is 18.5 Å². The van der Waals surface area contributed by atoms with Crippen LogP contribution < -0.4 is 5.73 Å². The Labute approximate surface area is 107 Å². The van der Waals surface area contributed by atoms with Crippen molar-refractivity contribution in [3.63, 3.8) is 0 Å². The van der Waals surface area contributed by atoms with E-state index in [4.69, 9.17) is 5.73 Å². The maximum Gasteiger partial charge on any atom is 0.264 e. The molecule has 3 nitrogen and oxygen atoms in total. The molecule has 0 aliphatic carbocycles. The fourth-order valence-corrected chi connectivity index (χ4v) is 2.23. The first kappa shape index (κ1) is 13.8. The molecule has 0 saturated heterocycles. The minimum atomic E-state index is 0.0507. The van der Waals surface area contributed by atoms with Gasteiger partial charge in [0.25, 0.3) is 5.91 Å². The van der Waals surface area contributed by atoms with E-state index in [9.17, 15) is 4.79 Å². The lowest BCUT2D eigenvalue weighted by molar-refractivity contribution is 0.0798. The van der Waals surface area contributed by atoms with Gasteiger partial charge in [0.15, 0.2) is 0 Å². The fraction of sp³-hybridized carbons (Fsp3) is 0.462. The third-order valence-corrected chi connectivity index (χ3v) is 3.28. The molecule has 0 aliphatic rings. The van der Waals surface area contributed by atoms with Crippen molar-refractivity contribution in [3.05, 3.63) is 21.9 Å². The number of hydrogen-bond acceptors (Lipinski definition) is 3. The monoisotopic (exact) mass is 250 g/mol. The number of rotatable bonds is 4. The van der Waals surface area contributed by atoms with Crippen molar-refractivity contribution >= 4 is 17.2 Å². The van der Waals surface area contributed by atoms with Gasteiger partial charge in [-0.1, -0.05) is 25.2 Å². The Bertz CT molecular complexity index is 428. The van der Waals surface area contributed by atoms with Crippen molar-refractivity contribution in [2.24, 2.45) is 5.73 Å². The van der Waals surface area contributed by atoms with Crippen molar-refractivity contribution in [2.45, 2.75) is 19.8 Å². The zero-order chi connectivity index (χ0) is 12.7. The fourth-order valence-electron chi connectivity index (χ4n) is 1.39. The Morgan fingerprint density at radius 1 is 1.59 bits per heavy atom. The molecule has 2 N–H and O–H groups in total. The summed E-state index contributed by atoms with van der Waals surface area (Å²) in [6, 6.07) is 1.87. The molecular weight excluding hydrogens is 232 g/mol. The predicted molar refractivity (Wildman–Crippen MR) is 72.1 cm³/mol. The van der Waals surface area contributed by atoms with Crippen molar-refractivity contribution in [1.29, 1.82) is 0 Å². The molecule has 1 amide bonds. The summed E-state index contributed by atoms with van der Waals surface area (Å²) in [6.07, 6.45) is 2.11. The molecule has 0 aliphatic heterocycles. The van der Waals surface area contributed by atoms with Gasteiger partial charge in [-0.15, -0.1) is 11.3 Å². The highest BCUT2D eigenvalue weighted by Gasteiger charge is 2.15. The summed E-state index contributed by atoms with van der Waals surface area (Å²) >= 11 is 1.44. The third kappa shape index (κ3) is 3.88. The van der Waals surface area contributed by atoms with Gasteiger partial charge < -0.3 is 10.6 Å². The van der Waals surface area contributed by atoms with Crippen molar-refractivity contribution < 1.29 is 4.79 Å². The molecule has 0 unspecified atom stereocenters. The minimum Gasteiger partial charge on any atom is -0.341 e. The highest BCUT2D eigenvalue weighted by molar-refractivity contribution is 7.12. The normalized spacial score (nSPS) is 9.59. The number of hydrogen-bond donors (Lipinski definition) is 1. The highest BCUT2D eigenvalue weighted by Crippen LogP contribution is 2.17. The van der Waals surface area contributed by atoms with Crippen LogP contribution >= 0.6 is 11.3 Å². The number of nitrogens with two attached hydrogens (primary N) is 1. The summed E-state index contributed by atoms with van der Waals surface area (Å²) in [5.74, 6) is 5.77. The molecule has 0 atom stereocenters. The quantitative estimate of drug-likeness (QED) is 0.830. The zero-order valence-corrected chi connectivity index (χ0v) is 11.1. The SMILES string of the molecule is CCCCN(C)C(=O)c1sccc1C#CCN. The summed E-state index contributed by atoms with van der Waals surface area (Å²) in [4.78, 5) is 14.6. The van der Waals surface area contributed by atoms with Crippen LogP contribution in [0.25, 0.3) is 0 Å². The number of thiophene rings is 1. The van der Waals surface area contributed by atoms with Crippen LogP contribution in [0.15, 0.2) is 11.4 Å². The van der Waals surface area contributed by atoms with Gasteiger partial charge >= 0.3 is 0 Å². The van der Waals surface area contributed by atoms with E-state index in [2.05, 4.69) is 18.8 Å². The summed E-state index contributed by atoms with van der Waals surface area (Å²) in [5.41, 5.74) is 6.12. The number of unbranched alkanes of at least 4 members (excludes halogenated alkanes) is 1. The lowest BCUT2D eigenvalue weighted by atomic mass is 10.2. The van der Waals surface area contributed by atoms with Crippen molar-refractivity contribution in [2.75, 3.05) is 20.1 Å². The summed E-state index contributed by atoms with van der Waals surface area (Å²) in [6.45, 7) is 3.22. The highest BCUT2D eigenvalue weighted by atomic mass is 32.1. The number of nitrogens with zero attached hydrogens (tertiary/aromatic N) is 1. The first-order valence-corrected chi connectivity index (χ1v) is 6.60. The third-order valence-electron chi connectivity index (χ3n) is 2.38. The molecule has 1 aromatic rings. The van der Waals surface area contributed by atoms with E-state index in [0.29, 0.717) is 11.4 Å². The lowest BCUT2D eigenvalue weighted by Crippen LogP contribution is -2.27. The first-order chi connectivity index (χ1) is 8.20. The molecule has 17 heavy (non-hydrogen) atoms. The number of carbonyl (C=O) groups is 1. The Hall–Kier alpha value is -1.31. The maximum absolute atomic E-state index is 12.1. The van der Waals surface area contributed by atoms with Gasteiger partial charge in [0.05, 0.1) is 6.54 Å². The number of carbonyl (C=O) groups excluding carboxylic acids is 1. The Morgan fingerprint density at radius 3 is 3.00 bits per heavy atom. The van der Waals surface area contributed by atoms with E-state index in [1.54, 1.807) is 4.90 Å². The van der Waals surface area contributed by atoms with Crippen LogP contribution in [0, 0.1) is 11.8 Å². The second kappa shape index (κ2) is 7.10. The Balaban J connectivity index is 2.78. The van der Waals surface area contributed by atoms with E-state index in [-0.39, 0.29) is 5.91 Å². The van der Waals surface area contributed by atoms with Crippen LogP contribution in [0.4, 0.5) is 0 Å². The molecule has 0 radical (unpaired) electrons. The van der Waals surface area contributed by atoms with Crippen LogP contribution in [0.1, 0.15) is 35.0 Å². The molecule has 0 fully saturated rings. The van der Waals surface area contributed by atoms with Gasteiger partial charge in [0.2, 0.25) is 0 Å². The van der Waals surface area contributed by atoms with Gasteiger partial charge in [0, 0.05) is 19.2 Å². The zero-order valence-electron chi connectivity index (χ0n) is 10.3. The Morgan fingerprint density at radius 2 is 2.35 bits per heavy atom.